The number of hydrogen-bond acceptors (Lipinski definition) is 13. The summed E-state index contributed by atoms with van der Waals surface area (Å²) in [5.74, 6) is -0.440. The Kier molecular flexibility index (Phi) is 10.8. The van der Waals surface area contributed by atoms with Crippen molar-refractivity contribution < 1.29 is 33.3 Å². The number of terminal acetylenes is 1. The van der Waals surface area contributed by atoms with Gasteiger partial charge in [0.1, 0.15) is 29.5 Å². The lowest BCUT2D eigenvalue weighted by atomic mass is 10.0. The Labute approximate surface area is 300 Å². The van der Waals surface area contributed by atoms with Gasteiger partial charge in [-0.2, -0.15) is 4.57 Å². The van der Waals surface area contributed by atoms with Gasteiger partial charge in [-0.3, -0.25) is 14.5 Å². The van der Waals surface area contributed by atoms with Crippen molar-refractivity contribution in [3.05, 3.63) is 52.6 Å². The molecular formula is C33H35FN8O5S3. The van der Waals surface area contributed by atoms with Gasteiger partial charge in [-0.1, -0.05) is 18.0 Å². The first kappa shape index (κ1) is 35.5. The topological polar surface area (TPSA) is 169 Å². The number of anilines is 2. The highest BCUT2D eigenvalue weighted by Crippen LogP contribution is 2.42. The van der Waals surface area contributed by atoms with Crippen LogP contribution in [-0.4, -0.2) is 88.6 Å². The Morgan fingerprint density at radius 1 is 1.38 bits per heavy atom. The van der Waals surface area contributed by atoms with Crippen LogP contribution in [0.3, 0.4) is 0 Å². The maximum atomic E-state index is 15.8. The number of β-lactam (4-membered cyclic amide) rings is 1. The van der Waals surface area contributed by atoms with Crippen molar-refractivity contribution in [2.45, 2.75) is 49.2 Å². The third-order valence-corrected chi connectivity index (χ3v) is 11.9. The summed E-state index contributed by atoms with van der Waals surface area (Å²) in [5.41, 5.74) is 7.34. The zero-order chi connectivity index (χ0) is 35.5. The number of thiazole rings is 1. The molecule has 0 radical (unpaired) electrons. The van der Waals surface area contributed by atoms with Crippen molar-refractivity contribution in [1.29, 1.82) is 0 Å². The third kappa shape index (κ3) is 6.84. The molecule has 2 fully saturated rings. The van der Waals surface area contributed by atoms with E-state index in [1.54, 1.807) is 6.07 Å². The lowest BCUT2D eigenvalue weighted by molar-refractivity contribution is -0.668. The molecule has 13 nitrogen and oxygen atoms in total. The highest BCUT2D eigenvalue weighted by molar-refractivity contribution is 8.01. The molecule has 0 aliphatic carbocycles. The number of nitrogens with two attached hydrogens (primary N) is 1. The van der Waals surface area contributed by atoms with Crippen LogP contribution in [-0.2, 0) is 25.8 Å². The number of carbonyl (C=O) groups excluding carboxylic acids is 3. The van der Waals surface area contributed by atoms with Crippen molar-refractivity contribution in [3.63, 3.8) is 0 Å². The monoisotopic (exact) mass is 738 g/mol. The van der Waals surface area contributed by atoms with Gasteiger partial charge in [0.2, 0.25) is 5.52 Å². The number of aryl methyl sites for hydroxylation is 1. The molecule has 3 aromatic rings. The number of aliphatic carboxylic acids is 1. The lowest BCUT2D eigenvalue weighted by Gasteiger charge is -2.50. The predicted octanol–water partition coefficient (Wildman–Crippen LogP) is 1.06. The maximum absolute atomic E-state index is 15.8. The second kappa shape index (κ2) is 15.3. The van der Waals surface area contributed by atoms with Crippen molar-refractivity contribution in [1.82, 2.24) is 20.5 Å². The standard InChI is InChI=1S/C33H35FN8O5S3/c1-4-11-47-39-26(22-17-50-33(35)37-22)29(43)38-27-30(44)42-28(32(45)46)18(16-49-31(27)42)15-48-25-7-9-40(6-3)23-13-24(21(34)12-20(23)25)41-10-8-36-14-19(41)5-2/h1,7,9,12-13,17,19,27,31,36H,5-6,8,10-11,14-16H2,2-3H3,(H3-,35,37,38,43,45,46)/b39-26-. The number of nitrogens with zero attached hydrogens (tertiary/aromatic N) is 5. The summed E-state index contributed by atoms with van der Waals surface area (Å²) in [4.78, 5) is 52.2. The van der Waals surface area contributed by atoms with Crippen LogP contribution < -0.4 is 30.9 Å². The summed E-state index contributed by atoms with van der Waals surface area (Å²) in [6.45, 7) is 6.88. The van der Waals surface area contributed by atoms with Crippen LogP contribution in [0.15, 0.2) is 51.1 Å². The fourth-order valence-corrected chi connectivity index (χ4v) is 9.34. The van der Waals surface area contributed by atoms with Crippen LogP contribution >= 0.6 is 34.9 Å². The second-order valence-electron chi connectivity index (χ2n) is 11.6. The number of benzene rings is 1. The molecule has 3 aliphatic heterocycles. The first-order valence-corrected chi connectivity index (χ1v) is 18.9. The van der Waals surface area contributed by atoms with Gasteiger partial charge >= 0.3 is 0 Å². The van der Waals surface area contributed by atoms with Gasteiger partial charge < -0.3 is 36.0 Å². The quantitative estimate of drug-likeness (QED) is 0.0462. The minimum absolute atomic E-state index is 0.138. The molecule has 5 heterocycles. The minimum atomic E-state index is -1.49. The number of thioether (sulfide) groups is 2. The molecule has 4 N–H and O–H groups in total. The molecule has 2 aromatic heterocycles. The predicted molar refractivity (Wildman–Crippen MR) is 190 cm³/mol. The number of halogens is 1. The number of rotatable bonds is 12. The molecule has 2 saturated heterocycles. The first-order valence-electron chi connectivity index (χ1n) is 16.0. The number of amides is 2. The van der Waals surface area contributed by atoms with Crippen LogP contribution in [0.4, 0.5) is 15.2 Å². The zero-order valence-corrected chi connectivity index (χ0v) is 29.8. The van der Waals surface area contributed by atoms with Crippen LogP contribution in [0.2, 0.25) is 0 Å². The highest BCUT2D eigenvalue weighted by atomic mass is 32.2. The highest BCUT2D eigenvalue weighted by Gasteiger charge is 2.53. The van der Waals surface area contributed by atoms with Gasteiger partial charge in [0.15, 0.2) is 23.6 Å². The molecule has 3 unspecified atom stereocenters. The Morgan fingerprint density at radius 3 is 2.90 bits per heavy atom. The molecule has 0 bridgehead atoms. The molecule has 3 atom stereocenters. The molecule has 262 valence electrons. The van der Waals surface area contributed by atoms with Crippen molar-refractivity contribution in [2.75, 3.05) is 48.4 Å². The summed E-state index contributed by atoms with van der Waals surface area (Å²) in [6, 6.07) is 4.52. The average molecular weight is 739 g/mol. The molecule has 3 aliphatic rings. The van der Waals surface area contributed by atoms with E-state index in [-0.39, 0.29) is 52.2 Å². The largest absolute Gasteiger partial charge is 0.543 e. The SMILES string of the molecule is C#CCO/N=C(\C(=O)NC1C(=O)N2C(C(=O)[O-])=C(CSc3cc[n+](CC)c4cc(N5CCNCC5CC)c(F)cc34)CSC12)c1csc(N)n1. The number of nitrogens with one attached hydrogen (secondary N) is 2. The first-order chi connectivity index (χ1) is 24.2. The molecule has 0 saturated carbocycles. The third-order valence-electron chi connectivity index (χ3n) is 8.73. The molecule has 6 rings (SSSR count). The summed E-state index contributed by atoms with van der Waals surface area (Å²) in [5, 5.41) is 24.0. The number of carboxylic acids is 1. The average Bonchev–Trinajstić information content (AvgIpc) is 3.55. The van der Waals surface area contributed by atoms with Gasteiger partial charge in [0, 0.05) is 59.6 Å². The van der Waals surface area contributed by atoms with Crippen molar-refractivity contribution in [2.24, 2.45) is 5.16 Å². The van der Waals surface area contributed by atoms with Gasteiger partial charge in [-0.05, 0) is 25.0 Å². The number of aromatic nitrogens is 2. The lowest BCUT2D eigenvalue weighted by Crippen LogP contribution is -2.71. The summed E-state index contributed by atoms with van der Waals surface area (Å²) < 4.78 is 17.9. The molecule has 17 heteroatoms. The smallest absolute Gasteiger partial charge is 0.276 e. The summed E-state index contributed by atoms with van der Waals surface area (Å²) in [6.07, 6.45) is 8.04. The molecule has 1 aromatic carbocycles. The van der Waals surface area contributed by atoms with Gasteiger partial charge in [0.05, 0.1) is 22.7 Å². The van der Waals surface area contributed by atoms with Gasteiger partial charge in [-0.15, -0.1) is 41.3 Å². The van der Waals surface area contributed by atoms with Crippen molar-refractivity contribution >= 4 is 80.1 Å². The van der Waals surface area contributed by atoms with E-state index in [2.05, 4.69) is 43.1 Å². The van der Waals surface area contributed by atoms with E-state index in [1.165, 1.54) is 28.9 Å². The molecular weight excluding hydrogens is 704 g/mol. The van der Waals surface area contributed by atoms with E-state index in [4.69, 9.17) is 17.0 Å². The van der Waals surface area contributed by atoms with Crippen molar-refractivity contribution in [3.8, 4) is 12.3 Å². The fourth-order valence-electron chi connectivity index (χ4n) is 6.27. The number of pyridine rings is 1. The molecule has 2 amide bonds. The Hall–Kier alpha value is -4.37. The number of carbonyl (C=O) groups is 3. The fraction of sp³-hybridized carbons (Fsp3) is 0.394. The van der Waals surface area contributed by atoms with Crippen LogP contribution in [0.25, 0.3) is 10.9 Å². The number of hydrogen-bond donors (Lipinski definition) is 3. The Bertz CT molecular complexity index is 1950. The maximum Gasteiger partial charge on any atom is 0.276 e. The van der Waals surface area contributed by atoms with Crippen LogP contribution in [0.1, 0.15) is 26.0 Å². The van der Waals surface area contributed by atoms with Crippen LogP contribution in [0, 0.1) is 18.2 Å². The number of oxime groups is 1. The van der Waals surface area contributed by atoms with E-state index in [0.717, 1.165) is 46.2 Å². The Balaban J connectivity index is 1.22. The molecule has 50 heavy (non-hydrogen) atoms. The normalized spacial score (nSPS) is 20.7. The van der Waals surface area contributed by atoms with E-state index in [0.29, 0.717) is 29.7 Å². The summed E-state index contributed by atoms with van der Waals surface area (Å²) in [7, 11) is 0. The summed E-state index contributed by atoms with van der Waals surface area (Å²) >= 11 is 3.78. The van der Waals surface area contributed by atoms with E-state index in [1.807, 2.05) is 25.3 Å². The van der Waals surface area contributed by atoms with Crippen LogP contribution in [0.5, 0.6) is 0 Å². The number of carboxylic acid groups (broad SMARTS) is 1. The Morgan fingerprint density at radius 2 is 2.20 bits per heavy atom. The van der Waals surface area contributed by atoms with E-state index < -0.39 is 29.2 Å². The number of fused-ring (bicyclic) bond motifs is 2. The van der Waals surface area contributed by atoms with E-state index in [9.17, 15) is 19.5 Å². The number of piperazine rings is 1. The number of nitrogen functional groups attached to an aromatic ring is 1. The van der Waals surface area contributed by atoms with Gasteiger partial charge in [0.25, 0.3) is 11.8 Å². The van der Waals surface area contributed by atoms with E-state index >= 15 is 4.39 Å². The zero-order valence-electron chi connectivity index (χ0n) is 27.3. The van der Waals surface area contributed by atoms with Gasteiger partial charge in [-0.25, -0.2) is 9.37 Å². The molecule has 0 spiro atoms. The minimum Gasteiger partial charge on any atom is -0.543 e. The second-order valence-corrected chi connectivity index (χ2v) is 14.6.